The molecule has 0 aromatic heterocycles. The molecule has 0 atom stereocenters. The van der Waals surface area contributed by atoms with Crippen molar-refractivity contribution in [3.63, 3.8) is 0 Å². The molecule has 1 aliphatic heterocycles. The van der Waals surface area contributed by atoms with Crippen LogP contribution >= 0.6 is 0 Å². The Balaban J connectivity index is 1.87. The van der Waals surface area contributed by atoms with Crippen LogP contribution in [0, 0.1) is 0 Å². The first-order valence-corrected chi connectivity index (χ1v) is 10.5. The number of alkyl halides is 3. The van der Waals surface area contributed by atoms with Crippen LogP contribution in [0.4, 0.5) is 13.2 Å². The summed E-state index contributed by atoms with van der Waals surface area (Å²) in [6.45, 7) is 0. The summed E-state index contributed by atoms with van der Waals surface area (Å²) >= 11 is 0. The lowest BCUT2D eigenvalue weighted by molar-refractivity contribution is -0.274. The molecule has 0 radical (unpaired) electrons. The molecule has 0 saturated carbocycles. The number of fused-ring (bicyclic) bond motifs is 2. The van der Waals surface area contributed by atoms with E-state index in [0.717, 1.165) is 0 Å². The lowest BCUT2D eigenvalue weighted by atomic mass is 10.3. The summed E-state index contributed by atoms with van der Waals surface area (Å²) in [6.07, 6.45) is -4.76. The lowest BCUT2D eigenvalue weighted by Crippen LogP contribution is -2.20. The number of sulfone groups is 1. The molecule has 3 aromatic carbocycles. The smallest absolute Gasteiger partial charge is 0.406 e. The first-order chi connectivity index (χ1) is 12.8. The molecule has 1 aliphatic rings. The summed E-state index contributed by atoms with van der Waals surface area (Å²) in [5.41, 5.74) is 0. The molecule has 0 bridgehead atoms. The van der Waals surface area contributed by atoms with Crippen LogP contribution in [0.3, 0.4) is 0 Å². The van der Waals surface area contributed by atoms with Gasteiger partial charge in [-0.2, -0.15) is 0 Å². The van der Waals surface area contributed by atoms with E-state index in [-0.39, 0.29) is 15.5 Å². The minimum Gasteiger partial charge on any atom is -0.406 e. The van der Waals surface area contributed by atoms with E-state index in [4.69, 9.17) is 0 Å². The molecule has 4 rings (SSSR count). The van der Waals surface area contributed by atoms with Crippen LogP contribution in [-0.2, 0) is 20.7 Å². The van der Waals surface area contributed by atoms with Gasteiger partial charge in [0.1, 0.15) is 26.4 Å². The van der Waals surface area contributed by atoms with Gasteiger partial charge in [0.2, 0.25) is 9.84 Å². The standard InChI is InChI=1S/C19H12F3O3S2/c20-19(21,22)25-13-9-11-14(12-10-13)26-15-5-1-3-7-17(15)27(23,24)18-8-4-2-6-16(18)26/h1-12H/q+1. The van der Waals surface area contributed by atoms with Crippen molar-refractivity contribution in [2.45, 2.75) is 30.8 Å². The molecule has 27 heavy (non-hydrogen) atoms. The highest BCUT2D eigenvalue weighted by Gasteiger charge is 2.44. The van der Waals surface area contributed by atoms with Crippen molar-refractivity contribution >= 4 is 20.7 Å². The predicted octanol–water partition coefficient (Wildman–Crippen LogP) is 4.83. The van der Waals surface area contributed by atoms with E-state index in [9.17, 15) is 21.6 Å². The van der Waals surface area contributed by atoms with Crippen LogP contribution in [0.25, 0.3) is 0 Å². The van der Waals surface area contributed by atoms with Crippen molar-refractivity contribution in [1.82, 2.24) is 0 Å². The Morgan fingerprint density at radius 3 is 1.70 bits per heavy atom. The van der Waals surface area contributed by atoms with E-state index in [0.29, 0.717) is 14.7 Å². The third kappa shape index (κ3) is 3.19. The summed E-state index contributed by atoms with van der Waals surface area (Å²) in [7, 11) is -4.39. The normalized spacial score (nSPS) is 15.7. The summed E-state index contributed by atoms with van der Waals surface area (Å²) < 4.78 is 67.0. The van der Waals surface area contributed by atoms with Gasteiger partial charge in [-0.15, -0.1) is 13.2 Å². The topological polar surface area (TPSA) is 43.4 Å². The lowest BCUT2D eigenvalue weighted by Gasteiger charge is -2.19. The van der Waals surface area contributed by atoms with Crippen LogP contribution in [0.2, 0.25) is 0 Å². The van der Waals surface area contributed by atoms with Gasteiger partial charge < -0.3 is 4.74 Å². The zero-order valence-corrected chi connectivity index (χ0v) is 15.2. The minimum atomic E-state index is -4.76. The molecule has 138 valence electrons. The zero-order chi connectivity index (χ0) is 19.2. The van der Waals surface area contributed by atoms with Gasteiger partial charge >= 0.3 is 6.36 Å². The highest BCUT2D eigenvalue weighted by molar-refractivity contribution is 8.00. The Kier molecular flexibility index (Phi) is 4.20. The van der Waals surface area contributed by atoms with E-state index in [2.05, 4.69) is 4.74 Å². The monoisotopic (exact) mass is 409 g/mol. The molecule has 3 nitrogen and oxygen atoms in total. The number of hydrogen-bond acceptors (Lipinski definition) is 3. The Bertz CT molecular complexity index is 1050. The molecule has 3 aromatic rings. The van der Waals surface area contributed by atoms with Gasteiger partial charge in [0.05, 0.1) is 0 Å². The third-order valence-electron chi connectivity index (χ3n) is 4.01. The summed E-state index contributed by atoms with van der Waals surface area (Å²) in [4.78, 5) is 2.41. The van der Waals surface area contributed by atoms with Crippen LogP contribution < -0.4 is 4.74 Å². The highest BCUT2D eigenvalue weighted by Crippen LogP contribution is 2.44. The predicted molar refractivity (Wildman–Crippen MR) is 93.6 cm³/mol. The Labute approximate surface area is 156 Å². The van der Waals surface area contributed by atoms with Crippen molar-refractivity contribution in [3.8, 4) is 5.75 Å². The first-order valence-electron chi connectivity index (χ1n) is 7.81. The van der Waals surface area contributed by atoms with Crippen LogP contribution in [0.5, 0.6) is 5.75 Å². The number of benzene rings is 3. The average Bonchev–Trinajstić information content (AvgIpc) is 2.62. The second-order valence-corrected chi connectivity index (χ2v) is 9.57. The maximum atomic E-state index is 12.9. The molecular weight excluding hydrogens is 397 g/mol. The van der Waals surface area contributed by atoms with Gasteiger partial charge in [-0.3, -0.25) is 0 Å². The number of rotatable bonds is 2. The highest BCUT2D eigenvalue weighted by atomic mass is 32.2. The second kappa shape index (κ2) is 6.31. The molecule has 0 saturated heterocycles. The van der Waals surface area contributed by atoms with Gasteiger partial charge in [-0.1, -0.05) is 24.3 Å². The van der Waals surface area contributed by atoms with Crippen LogP contribution in [0.1, 0.15) is 0 Å². The fraction of sp³-hybridized carbons (Fsp3) is 0.0526. The SMILES string of the molecule is O=S1(=O)c2ccccc2[S+](c2ccc(OC(F)(F)F)cc2)c2ccccc21. The van der Waals surface area contributed by atoms with Gasteiger partial charge in [0, 0.05) is 0 Å². The van der Waals surface area contributed by atoms with Crippen molar-refractivity contribution in [2.24, 2.45) is 0 Å². The molecule has 0 spiro atoms. The van der Waals surface area contributed by atoms with Crippen molar-refractivity contribution in [2.75, 3.05) is 0 Å². The third-order valence-corrected chi connectivity index (χ3v) is 8.47. The second-order valence-electron chi connectivity index (χ2n) is 5.72. The quantitative estimate of drug-likeness (QED) is 0.446. The van der Waals surface area contributed by atoms with Crippen molar-refractivity contribution in [3.05, 3.63) is 72.8 Å². The van der Waals surface area contributed by atoms with E-state index in [1.165, 1.54) is 24.3 Å². The Morgan fingerprint density at radius 1 is 0.741 bits per heavy atom. The average molecular weight is 409 g/mol. The molecule has 1 heterocycles. The molecule has 0 unspecified atom stereocenters. The Hall–Kier alpha value is -2.45. The van der Waals surface area contributed by atoms with Gasteiger partial charge in [-0.05, 0) is 48.5 Å². The van der Waals surface area contributed by atoms with Crippen molar-refractivity contribution < 1.29 is 26.3 Å². The maximum Gasteiger partial charge on any atom is 0.573 e. The fourth-order valence-electron chi connectivity index (χ4n) is 2.95. The molecule has 0 aliphatic carbocycles. The summed E-state index contributed by atoms with van der Waals surface area (Å²) in [5.74, 6) is -0.318. The molecule has 8 heteroatoms. The molecule has 0 amide bonds. The molecule has 0 fully saturated rings. The number of halogens is 3. The largest absolute Gasteiger partial charge is 0.573 e. The fourth-order valence-corrected chi connectivity index (χ4v) is 7.65. The minimum absolute atomic E-state index is 0.225. The van der Waals surface area contributed by atoms with E-state index in [1.54, 1.807) is 48.5 Å². The van der Waals surface area contributed by atoms with Crippen molar-refractivity contribution in [1.29, 1.82) is 0 Å². The Morgan fingerprint density at radius 2 is 1.22 bits per heavy atom. The van der Waals surface area contributed by atoms with E-state index in [1.807, 2.05) is 0 Å². The van der Waals surface area contributed by atoms with Gasteiger partial charge in [0.15, 0.2) is 14.7 Å². The van der Waals surface area contributed by atoms with E-state index >= 15 is 0 Å². The van der Waals surface area contributed by atoms with Gasteiger partial charge in [0.25, 0.3) is 0 Å². The van der Waals surface area contributed by atoms with Crippen LogP contribution in [0.15, 0.2) is 97.3 Å². The summed E-state index contributed by atoms with van der Waals surface area (Å²) in [5, 5.41) is 0. The summed E-state index contributed by atoms with van der Waals surface area (Å²) in [6, 6.07) is 19.0. The first kappa shape index (κ1) is 17.9. The molecule has 0 N–H and O–H groups in total. The molecular formula is C19H12F3O3S2+. The number of hydrogen-bond donors (Lipinski definition) is 0. The van der Waals surface area contributed by atoms with Crippen LogP contribution in [-0.4, -0.2) is 14.8 Å². The van der Waals surface area contributed by atoms with Gasteiger partial charge in [-0.25, -0.2) is 8.42 Å². The maximum absolute atomic E-state index is 12.9. The zero-order valence-electron chi connectivity index (χ0n) is 13.6. The van der Waals surface area contributed by atoms with E-state index < -0.39 is 27.1 Å². The number of ether oxygens (including phenoxy) is 1.